The van der Waals surface area contributed by atoms with Crippen LogP contribution in [0, 0.1) is 0 Å². The maximum Gasteiger partial charge on any atom is 0.119 e. The molecule has 0 saturated heterocycles. The van der Waals surface area contributed by atoms with Crippen molar-refractivity contribution in [3.05, 3.63) is 54.4 Å². The minimum Gasteiger partial charge on any atom is -0.492 e. The van der Waals surface area contributed by atoms with Crippen LogP contribution in [0.3, 0.4) is 0 Å². The van der Waals surface area contributed by atoms with Crippen molar-refractivity contribution in [2.45, 2.75) is 19.9 Å². The van der Waals surface area contributed by atoms with Crippen molar-refractivity contribution in [1.82, 2.24) is 9.55 Å². The molecule has 108 valence electrons. The zero-order valence-corrected chi connectivity index (χ0v) is 12.1. The predicted octanol–water partition coefficient (Wildman–Crippen LogP) is 3.26. The lowest BCUT2D eigenvalue weighted by atomic mass is 10.3. The molecule has 1 aromatic heterocycles. The summed E-state index contributed by atoms with van der Waals surface area (Å²) in [5.74, 6) is 1.93. The first-order chi connectivity index (χ1) is 10.3. The van der Waals surface area contributed by atoms with E-state index in [9.17, 15) is 0 Å². The molecule has 3 aromatic rings. The van der Waals surface area contributed by atoms with E-state index >= 15 is 0 Å². The minimum atomic E-state index is 0.608. The number of benzene rings is 2. The van der Waals surface area contributed by atoms with Gasteiger partial charge in [-0.2, -0.15) is 0 Å². The van der Waals surface area contributed by atoms with Crippen molar-refractivity contribution in [1.29, 1.82) is 0 Å². The Hall–Kier alpha value is -2.49. The monoisotopic (exact) mass is 281 g/mol. The second kappa shape index (κ2) is 5.87. The summed E-state index contributed by atoms with van der Waals surface area (Å²) >= 11 is 0. The van der Waals surface area contributed by atoms with Gasteiger partial charge in [0.05, 0.1) is 17.6 Å². The van der Waals surface area contributed by atoms with Crippen LogP contribution in [0.15, 0.2) is 48.5 Å². The molecule has 21 heavy (non-hydrogen) atoms. The topological polar surface area (TPSA) is 53.1 Å². The molecule has 4 nitrogen and oxygen atoms in total. The summed E-state index contributed by atoms with van der Waals surface area (Å²) in [6.45, 7) is 3.52. The first-order valence-electron chi connectivity index (χ1n) is 7.20. The molecular formula is C17H19N3O. The van der Waals surface area contributed by atoms with Gasteiger partial charge < -0.3 is 15.0 Å². The van der Waals surface area contributed by atoms with Crippen molar-refractivity contribution in [3.63, 3.8) is 0 Å². The van der Waals surface area contributed by atoms with Crippen LogP contribution in [0.2, 0.25) is 0 Å². The van der Waals surface area contributed by atoms with Crippen LogP contribution in [0.25, 0.3) is 11.0 Å². The Labute approximate surface area is 124 Å². The lowest BCUT2D eigenvalue weighted by molar-refractivity contribution is 0.298. The third-order valence-corrected chi connectivity index (χ3v) is 3.51. The van der Waals surface area contributed by atoms with Gasteiger partial charge in [0.25, 0.3) is 0 Å². The highest BCUT2D eigenvalue weighted by Crippen LogP contribution is 2.17. The van der Waals surface area contributed by atoms with Crippen molar-refractivity contribution in [2.24, 2.45) is 0 Å². The Kier molecular flexibility index (Phi) is 3.77. The second-order valence-corrected chi connectivity index (χ2v) is 4.94. The molecule has 0 bridgehead atoms. The molecule has 0 unspecified atom stereocenters. The average molecular weight is 281 g/mol. The van der Waals surface area contributed by atoms with Gasteiger partial charge in [0.2, 0.25) is 0 Å². The van der Waals surface area contributed by atoms with Crippen LogP contribution in [-0.4, -0.2) is 16.2 Å². The number of hydrogen-bond acceptors (Lipinski definition) is 3. The number of rotatable bonds is 5. The third kappa shape index (κ3) is 2.84. The van der Waals surface area contributed by atoms with Crippen LogP contribution in [0.4, 0.5) is 5.69 Å². The second-order valence-electron chi connectivity index (χ2n) is 4.94. The molecule has 0 fully saturated rings. The van der Waals surface area contributed by atoms with Crippen LogP contribution >= 0.6 is 0 Å². The number of para-hydroxylation sites is 2. The van der Waals surface area contributed by atoms with E-state index in [1.54, 1.807) is 0 Å². The van der Waals surface area contributed by atoms with Crippen molar-refractivity contribution in [3.8, 4) is 5.75 Å². The van der Waals surface area contributed by atoms with Gasteiger partial charge in [-0.3, -0.25) is 0 Å². The smallest absolute Gasteiger partial charge is 0.119 e. The fourth-order valence-corrected chi connectivity index (χ4v) is 2.46. The number of aromatic nitrogens is 2. The molecule has 2 aromatic carbocycles. The largest absolute Gasteiger partial charge is 0.492 e. The standard InChI is InChI=1S/C17H19N3O/c1-2-17-19-15-5-3-4-6-16(15)20(17)11-12-21-14-9-7-13(18)8-10-14/h3-10H,2,11-12,18H2,1H3. The number of ether oxygens (including phenoxy) is 1. The molecule has 2 N–H and O–H groups in total. The Balaban J connectivity index is 1.74. The zero-order valence-electron chi connectivity index (χ0n) is 12.1. The summed E-state index contributed by atoms with van der Waals surface area (Å²) in [6, 6.07) is 15.7. The number of imidazole rings is 1. The number of nitrogens with two attached hydrogens (primary N) is 1. The Morgan fingerprint density at radius 2 is 1.86 bits per heavy atom. The zero-order chi connectivity index (χ0) is 14.7. The maximum atomic E-state index is 5.78. The average Bonchev–Trinajstić information content (AvgIpc) is 2.87. The Morgan fingerprint density at radius 1 is 1.10 bits per heavy atom. The van der Waals surface area contributed by atoms with Crippen LogP contribution in [0.5, 0.6) is 5.75 Å². The number of aryl methyl sites for hydroxylation is 1. The number of nitrogens with zero attached hydrogens (tertiary/aromatic N) is 2. The molecule has 0 atom stereocenters. The van der Waals surface area contributed by atoms with Crippen molar-refractivity contribution < 1.29 is 4.74 Å². The summed E-state index contributed by atoms with van der Waals surface area (Å²) in [6.07, 6.45) is 0.913. The van der Waals surface area contributed by atoms with E-state index in [2.05, 4.69) is 22.5 Å². The number of nitrogen functional groups attached to an aromatic ring is 1. The molecule has 0 aliphatic carbocycles. The molecular weight excluding hydrogens is 262 g/mol. The summed E-state index contributed by atoms with van der Waals surface area (Å²) in [4.78, 5) is 4.66. The van der Waals surface area contributed by atoms with E-state index in [1.807, 2.05) is 42.5 Å². The van der Waals surface area contributed by atoms with E-state index < -0.39 is 0 Å². The predicted molar refractivity (Wildman–Crippen MR) is 85.5 cm³/mol. The SMILES string of the molecule is CCc1nc2ccccc2n1CCOc1ccc(N)cc1. The Bertz CT molecular complexity index is 731. The van der Waals surface area contributed by atoms with Gasteiger partial charge in [0, 0.05) is 12.1 Å². The first kappa shape index (κ1) is 13.5. The molecule has 4 heteroatoms. The molecule has 0 radical (unpaired) electrons. The van der Waals surface area contributed by atoms with Gasteiger partial charge in [-0.25, -0.2) is 4.98 Å². The van der Waals surface area contributed by atoms with Crippen LogP contribution in [0.1, 0.15) is 12.7 Å². The lowest BCUT2D eigenvalue weighted by Crippen LogP contribution is -2.10. The normalized spacial score (nSPS) is 10.9. The van der Waals surface area contributed by atoms with Gasteiger partial charge in [-0.05, 0) is 36.4 Å². The Morgan fingerprint density at radius 3 is 2.62 bits per heavy atom. The fraction of sp³-hybridized carbons (Fsp3) is 0.235. The molecule has 0 spiro atoms. The van der Waals surface area contributed by atoms with Gasteiger partial charge >= 0.3 is 0 Å². The van der Waals surface area contributed by atoms with Crippen molar-refractivity contribution >= 4 is 16.7 Å². The lowest BCUT2D eigenvalue weighted by Gasteiger charge is -2.10. The van der Waals surface area contributed by atoms with Gasteiger partial charge in [0.15, 0.2) is 0 Å². The van der Waals surface area contributed by atoms with Gasteiger partial charge in [-0.15, -0.1) is 0 Å². The quantitative estimate of drug-likeness (QED) is 0.730. The van der Waals surface area contributed by atoms with E-state index in [0.717, 1.165) is 41.3 Å². The number of anilines is 1. The highest BCUT2D eigenvalue weighted by molar-refractivity contribution is 5.75. The summed E-state index contributed by atoms with van der Waals surface area (Å²) in [5.41, 5.74) is 8.62. The number of hydrogen-bond donors (Lipinski definition) is 1. The third-order valence-electron chi connectivity index (χ3n) is 3.51. The van der Waals surface area contributed by atoms with Crippen molar-refractivity contribution in [2.75, 3.05) is 12.3 Å². The molecule has 3 rings (SSSR count). The highest BCUT2D eigenvalue weighted by atomic mass is 16.5. The first-order valence-corrected chi connectivity index (χ1v) is 7.20. The highest BCUT2D eigenvalue weighted by Gasteiger charge is 2.08. The van der Waals surface area contributed by atoms with Crippen LogP contribution < -0.4 is 10.5 Å². The maximum absolute atomic E-state index is 5.78. The minimum absolute atomic E-state index is 0.608. The van der Waals surface area contributed by atoms with E-state index in [0.29, 0.717) is 6.61 Å². The summed E-state index contributed by atoms with van der Waals surface area (Å²) in [7, 11) is 0. The van der Waals surface area contributed by atoms with E-state index in [1.165, 1.54) is 0 Å². The summed E-state index contributed by atoms with van der Waals surface area (Å²) in [5, 5.41) is 0. The fourth-order valence-electron chi connectivity index (χ4n) is 2.46. The number of fused-ring (bicyclic) bond motifs is 1. The van der Waals surface area contributed by atoms with Gasteiger partial charge in [-0.1, -0.05) is 19.1 Å². The van der Waals surface area contributed by atoms with E-state index in [-0.39, 0.29) is 0 Å². The van der Waals surface area contributed by atoms with E-state index in [4.69, 9.17) is 10.5 Å². The molecule has 0 aliphatic rings. The molecule has 0 aliphatic heterocycles. The molecule has 1 heterocycles. The van der Waals surface area contributed by atoms with Gasteiger partial charge in [0.1, 0.15) is 18.2 Å². The van der Waals surface area contributed by atoms with Crippen LogP contribution in [-0.2, 0) is 13.0 Å². The molecule has 0 amide bonds. The molecule has 0 saturated carbocycles. The summed E-state index contributed by atoms with van der Waals surface area (Å²) < 4.78 is 8.01.